The fourth-order valence-electron chi connectivity index (χ4n) is 2.37. The molecule has 6 heteroatoms. The van der Waals surface area contributed by atoms with Gasteiger partial charge in [-0.25, -0.2) is 4.98 Å². The third-order valence-corrected chi connectivity index (χ3v) is 3.42. The van der Waals surface area contributed by atoms with E-state index in [2.05, 4.69) is 11.1 Å². The Morgan fingerprint density at radius 2 is 2.05 bits per heavy atom. The summed E-state index contributed by atoms with van der Waals surface area (Å²) in [5, 5.41) is 9.05. The lowest BCUT2D eigenvalue weighted by atomic mass is 10.2. The van der Waals surface area contributed by atoms with Gasteiger partial charge in [0.2, 0.25) is 12.7 Å². The van der Waals surface area contributed by atoms with E-state index in [1.165, 1.54) is 7.11 Å². The topological polar surface area (TPSA) is 77.5 Å². The molecule has 3 aromatic rings. The molecule has 108 valence electrons. The molecule has 0 saturated carbocycles. The van der Waals surface area contributed by atoms with Crippen molar-refractivity contribution in [1.82, 2.24) is 4.98 Å². The molecule has 0 fully saturated rings. The Kier molecular flexibility index (Phi) is 2.66. The number of benzene rings is 2. The Balaban J connectivity index is 1.88. The molecule has 1 aliphatic heterocycles. The minimum atomic E-state index is 0.214. The lowest BCUT2D eigenvalue weighted by molar-refractivity contribution is 0.174. The molecule has 0 radical (unpaired) electrons. The molecule has 2 aromatic carbocycles. The molecule has 0 aliphatic carbocycles. The molecule has 0 unspecified atom stereocenters. The molecule has 0 atom stereocenters. The van der Waals surface area contributed by atoms with Crippen LogP contribution in [0.1, 0.15) is 5.56 Å². The second kappa shape index (κ2) is 4.67. The number of ether oxygens (including phenoxy) is 3. The van der Waals surface area contributed by atoms with Crippen molar-refractivity contribution in [2.45, 2.75) is 0 Å². The SMILES string of the molecule is COc1cc(C#N)cc2nc(-c3ccc4c(c3)OCO4)oc12. The minimum Gasteiger partial charge on any atom is -0.493 e. The largest absolute Gasteiger partial charge is 0.493 e. The van der Waals surface area contributed by atoms with Gasteiger partial charge in [0, 0.05) is 11.6 Å². The Morgan fingerprint density at radius 3 is 2.86 bits per heavy atom. The highest BCUT2D eigenvalue weighted by Gasteiger charge is 2.18. The number of nitriles is 1. The van der Waals surface area contributed by atoms with E-state index in [-0.39, 0.29) is 6.79 Å². The molecule has 0 bridgehead atoms. The van der Waals surface area contributed by atoms with E-state index in [4.69, 9.17) is 23.9 Å². The Hall–Kier alpha value is -3.20. The zero-order valence-corrected chi connectivity index (χ0v) is 11.6. The molecule has 2 heterocycles. The van der Waals surface area contributed by atoms with Crippen LogP contribution in [-0.2, 0) is 0 Å². The van der Waals surface area contributed by atoms with E-state index in [9.17, 15) is 0 Å². The van der Waals surface area contributed by atoms with Gasteiger partial charge in [0.1, 0.15) is 5.52 Å². The predicted molar refractivity (Wildman–Crippen MR) is 76.8 cm³/mol. The van der Waals surface area contributed by atoms with Crippen molar-refractivity contribution in [2.24, 2.45) is 0 Å². The average molecular weight is 294 g/mol. The van der Waals surface area contributed by atoms with Crippen LogP contribution in [0.3, 0.4) is 0 Å². The van der Waals surface area contributed by atoms with E-state index in [0.717, 1.165) is 5.56 Å². The fraction of sp³-hybridized carbons (Fsp3) is 0.125. The predicted octanol–water partition coefficient (Wildman–Crippen LogP) is 3.10. The summed E-state index contributed by atoms with van der Waals surface area (Å²) in [6.45, 7) is 0.214. The first-order chi connectivity index (χ1) is 10.8. The zero-order chi connectivity index (χ0) is 15.1. The lowest BCUT2D eigenvalue weighted by Crippen LogP contribution is -1.92. The summed E-state index contributed by atoms with van der Waals surface area (Å²) in [4.78, 5) is 4.43. The second-order valence-electron chi connectivity index (χ2n) is 4.73. The first kappa shape index (κ1) is 12.5. The van der Waals surface area contributed by atoms with Gasteiger partial charge < -0.3 is 18.6 Å². The van der Waals surface area contributed by atoms with Gasteiger partial charge in [0.05, 0.1) is 18.7 Å². The van der Waals surface area contributed by atoms with E-state index in [1.54, 1.807) is 12.1 Å². The minimum absolute atomic E-state index is 0.214. The van der Waals surface area contributed by atoms with Gasteiger partial charge in [-0.2, -0.15) is 5.26 Å². The fourth-order valence-corrected chi connectivity index (χ4v) is 2.37. The highest BCUT2D eigenvalue weighted by Crippen LogP contribution is 2.37. The molecule has 0 saturated heterocycles. The highest BCUT2D eigenvalue weighted by molar-refractivity contribution is 5.83. The van der Waals surface area contributed by atoms with Crippen molar-refractivity contribution in [3.05, 3.63) is 35.9 Å². The van der Waals surface area contributed by atoms with Crippen molar-refractivity contribution in [1.29, 1.82) is 5.26 Å². The van der Waals surface area contributed by atoms with Crippen LogP contribution in [0.25, 0.3) is 22.6 Å². The molecule has 0 amide bonds. The zero-order valence-electron chi connectivity index (χ0n) is 11.6. The molecule has 1 aromatic heterocycles. The standard InChI is InChI=1S/C16H10N2O4/c1-19-14-5-9(7-17)4-11-15(14)22-16(18-11)10-2-3-12-13(6-10)21-8-20-12/h2-6H,8H2,1H3. The van der Waals surface area contributed by atoms with Crippen molar-refractivity contribution < 1.29 is 18.6 Å². The number of oxazole rings is 1. The third kappa shape index (κ3) is 1.84. The normalized spacial score (nSPS) is 12.4. The number of hydrogen-bond donors (Lipinski definition) is 0. The van der Waals surface area contributed by atoms with Gasteiger partial charge in [-0.15, -0.1) is 0 Å². The molecule has 0 N–H and O–H groups in total. The first-order valence-electron chi connectivity index (χ1n) is 6.57. The van der Waals surface area contributed by atoms with Crippen LogP contribution in [0.2, 0.25) is 0 Å². The van der Waals surface area contributed by atoms with Gasteiger partial charge in [0.25, 0.3) is 0 Å². The molecular weight excluding hydrogens is 284 g/mol. The maximum atomic E-state index is 9.05. The van der Waals surface area contributed by atoms with E-state index in [1.807, 2.05) is 18.2 Å². The van der Waals surface area contributed by atoms with Gasteiger partial charge >= 0.3 is 0 Å². The number of rotatable bonds is 2. The van der Waals surface area contributed by atoms with Crippen LogP contribution in [-0.4, -0.2) is 18.9 Å². The summed E-state index contributed by atoms with van der Waals surface area (Å²) in [5.74, 6) is 2.27. The van der Waals surface area contributed by atoms with E-state index >= 15 is 0 Å². The van der Waals surface area contributed by atoms with Crippen molar-refractivity contribution in [3.63, 3.8) is 0 Å². The number of hydrogen-bond acceptors (Lipinski definition) is 6. The summed E-state index contributed by atoms with van der Waals surface area (Å²) >= 11 is 0. The molecule has 4 rings (SSSR count). The quantitative estimate of drug-likeness (QED) is 0.722. The number of methoxy groups -OCH3 is 1. The Labute approximate surface area is 125 Å². The highest BCUT2D eigenvalue weighted by atomic mass is 16.7. The molecule has 0 spiro atoms. The third-order valence-electron chi connectivity index (χ3n) is 3.42. The van der Waals surface area contributed by atoms with Gasteiger partial charge in [0.15, 0.2) is 22.8 Å². The number of nitrogens with zero attached hydrogens (tertiary/aromatic N) is 2. The van der Waals surface area contributed by atoms with Crippen molar-refractivity contribution >= 4 is 11.1 Å². The van der Waals surface area contributed by atoms with Crippen LogP contribution in [0.15, 0.2) is 34.7 Å². The molecule has 1 aliphatic rings. The summed E-state index contributed by atoms with van der Waals surface area (Å²) < 4.78 is 21.7. The maximum Gasteiger partial charge on any atom is 0.231 e. The molecule has 6 nitrogen and oxygen atoms in total. The van der Waals surface area contributed by atoms with Crippen LogP contribution < -0.4 is 14.2 Å². The van der Waals surface area contributed by atoms with Crippen molar-refractivity contribution in [2.75, 3.05) is 13.9 Å². The van der Waals surface area contributed by atoms with Gasteiger partial charge in [-0.1, -0.05) is 0 Å². The van der Waals surface area contributed by atoms with E-state index in [0.29, 0.717) is 39.8 Å². The van der Waals surface area contributed by atoms with Crippen LogP contribution in [0.4, 0.5) is 0 Å². The lowest BCUT2D eigenvalue weighted by Gasteiger charge is -2.00. The maximum absolute atomic E-state index is 9.05. The van der Waals surface area contributed by atoms with Crippen LogP contribution >= 0.6 is 0 Å². The smallest absolute Gasteiger partial charge is 0.231 e. The summed E-state index contributed by atoms with van der Waals surface area (Å²) in [6.07, 6.45) is 0. The van der Waals surface area contributed by atoms with Crippen LogP contribution in [0.5, 0.6) is 17.2 Å². The van der Waals surface area contributed by atoms with Gasteiger partial charge in [-0.05, 0) is 24.3 Å². The van der Waals surface area contributed by atoms with Crippen LogP contribution in [0, 0.1) is 11.3 Å². The summed E-state index contributed by atoms with van der Waals surface area (Å²) in [6, 6.07) is 10.8. The number of aromatic nitrogens is 1. The van der Waals surface area contributed by atoms with E-state index < -0.39 is 0 Å². The summed E-state index contributed by atoms with van der Waals surface area (Å²) in [5.41, 5.74) is 2.31. The Morgan fingerprint density at radius 1 is 1.18 bits per heavy atom. The second-order valence-corrected chi connectivity index (χ2v) is 4.73. The van der Waals surface area contributed by atoms with Gasteiger partial charge in [-0.3, -0.25) is 0 Å². The monoisotopic (exact) mass is 294 g/mol. The Bertz CT molecular complexity index is 924. The average Bonchev–Trinajstić information content (AvgIpc) is 3.19. The summed E-state index contributed by atoms with van der Waals surface area (Å²) in [7, 11) is 1.53. The molecule has 22 heavy (non-hydrogen) atoms. The van der Waals surface area contributed by atoms with Crippen molar-refractivity contribution in [3.8, 4) is 34.8 Å². The molecular formula is C16H10N2O4. The first-order valence-corrected chi connectivity index (χ1v) is 6.57. The number of fused-ring (bicyclic) bond motifs is 2.